The molecule has 1 aromatic rings. The van der Waals surface area contributed by atoms with Gasteiger partial charge in [-0.05, 0) is 24.5 Å². The van der Waals surface area contributed by atoms with Crippen molar-refractivity contribution in [3.05, 3.63) is 79.2 Å². The number of hydrogen-bond acceptors (Lipinski definition) is 3. The Morgan fingerprint density at radius 3 is 2.52 bits per heavy atom. The maximum absolute atomic E-state index is 4.82. The molecular weight excluding hydrogens is 282 g/mol. The Morgan fingerprint density at radius 1 is 1.26 bits per heavy atom. The summed E-state index contributed by atoms with van der Waals surface area (Å²) in [5.74, 6) is 0.379. The van der Waals surface area contributed by atoms with Gasteiger partial charge in [-0.2, -0.15) is 0 Å². The third kappa shape index (κ3) is 3.62. The minimum Gasteiger partial charge on any atom is -0.301 e. The Balaban J connectivity index is 2.57. The fraction of sp³-hybridized carbons (Fsp3) is 0.250. The molecule has 3 heteroatoms. The molecule has 0 bridgehead atoms. The maximum Gasteiger partial charge on any atom is 0.0973 e. The molecule has 1 atom stereocenters. The maximum atomic E-state index is 4.82. The standard InChI is InChI=1S/C20H25N3/c1-6-14-23-16(5)20(21-17-12-10-9-11-13-17)18(8-3)19(22-23)15(4)7-2/h6,8-13,15,22H,1,3,5,7,14H2,2,4H3. The fourth-order valence-corrected chi connectivity index (χ4v) is 2.51. The van der Waals surface area contributed by atoms with E-state index in [4.69, 9.17) is 4.99 Å². The molecule has 3 nitrogen and oxygen atoms in total. The van der Waals surface area contributed by atoms with Gasteiger partial charge in [0.15, 0.2) is 0 Å². The number of nitrogens with zero attached hydrogens (tertiary/aromatic N) is 2. The van der Waals surface area contributed by atoms with E-state index in [0.717, 1.165) is 34.8 Å². The Kier molecular flexibility index (Phi) is 5.58. The lowest BCUT2D eigenvalue weighted by Crippen LogP contribution is -2.45. The Hall–Kier alpha value is -2.55. The molecule has 1 heterocycles. The van der Waals surface area contributed by atoms with E-state index in [9.17, 15) is 0 Å². The highest BCUT2D eigenvalue weighted by atomic mass is 15.5. The smallest absolute Gasteiger partial charge is 0.0973 e. The summed E-state index contributed by atoms with van der Waals surface area (Å²) in [4.78, 5) is 4.82. The van der Waals surface area contributed by atoms with Gasteiger partial charge in [-0.15, -0.1) is 6.58 Å². The number of benzene rings is 1. The predicted octanol–water partition coefficient (Wildman–Crippen LogP) is 4.77. The van der Waals surface area contributed by atoms with Gasteiger partial charge in [0, 0.05) is 11.3 Å². The third-order valence-electron chi connectivity index (χ3n) is 4.02. The summed E-state index contributed by atoms with van der Waals surface area (Å²) in [6, 6.07) is 9.93. The third-order valence-corrected chi connectivity index (χ3v) is 4.02. The summed E-state index contributed by atoms with van der Waals surface area (Å²) in [7, 11) is 0. The van der Waals surface area contributed by atoms with Gasteiger partial charge in [-0.25, -0.2) is 4.99 Å². The molecule has 2 rings (SSSR count). The van der Waals surface area contributed by atoms with Crippen molar-refractivity contribution in [1.29, 1.82) is 0 Å². The van der Waals surface area contributed by atoms with Crippen molar-refractivity contribution in [2.75, 3.05) is 6.54 Å². The van der Waals surface area contributed by atoms with E-state index < -0.39 is 0 Å². The van der Waals surface area contributed by atoms with Crippen molar-refractivity contribution in [1.82, 2.24) is 10.4 Å². The van der Waals surface area contributed by atoms with Crippen molar-refractivity contribution in [2.45, 2.75) is 20.3 Å². The molecule has 0 amide bonds. The molecule has 0 saturated carbocycles. The molecule has 1 aromatic carbocycles. The van der Waals surface area contributed by atoms with Gasteiger partial charge in [-0.3, -0.25) is 5.01 Å². The van der Waals surface area contributed by atoms with Crippen molar-refractivity contribution < 1.29 is 0 Å². The second-order valence-electron chi connectivity index (χ2n) is 5.59. The van der Waals surface area contributed by atoms with Crippen LogP contribution < -0.4 is 5.43 Å². The normalized spacial score (nSPS) is 17.9. The number of aliphatic imine (C=N–C) groups is 1. The number of hydrogen-bond donors (Lipinski definition) is 1. The zero-order chi connectivity index (χ0) is 16.8. The summed E-state index contributed by atoms with van der Waals surface area (Å²) in [6.07, 6.45) is 4.75. The topological polar surface area (TPSA) is 27.6 Å². The van der Waals surface area contributed by atoms with Crippen LogP contribution in [0.2, 0.25) is 0 Å². The summed E-state index contributed by atoms with van der Waals surface area (Å²) < 4.78 is 0. The molecule has 1 N–H and O–H groups in total. The second-order valence-corrected chi connectivity index (χ2v) is 5.59. The van der Waals surface area contributed by atoms with Crippen molar-refractivity contribution in [3.63, 3.8) is 0 Å². The van der Waals surface area contributed by atoms with Crippen molar-refractivity contribution >= 4 is 11.4 Å². The average Bonchev–Trinajstić information content (AvgIpc) is 2.58. The molecule has 0 spiro atoms. The molecule has 0 radical (unpaired) electrons. The first kappa shape index (κ1) is 16.8. The molecule has 23 heavy (non-hydrogen) atoms. The second kappa shape index (κ2) is 7.63. The lowest BCUT2D eigenvalue weighted by Gasteiger charge is -2.37. The first-order chi connectivity index (χ1) is 11.1. The van der Waals surface area contributed by atoms with Crippen molar-refractivity contribution in [3.8, 4) is 0 Å². The molecule has 0 aliphatic carbocycles. The van der Waals surface area contributed by atoms with Crippen LogP contribution in [-0.4, -0.2) is 17.3 Å². The number of hydrazine groups is 1. The minimum atomic E-state index is 0.379. The van der Waals surface area contributed by atoms with E-state index in [1.807, 2.05) is 47.5 Å². The van der Waals surface area contributed by atoms with Crippen LogP contribution in [0.3, 0.4) is 0 Å². The van der Waals surface area contributed by atoms with Crippen LogP contribution in [0.25, 0.3) is 0 Å². The van der Waals surface area contributed by atoms with E-state index in [2.05, 4.69) is 39.0 Å². The molecule has 0 saturated heterocycles. The van der Waals surface area contributed by atoms with Crippen LogP contribution in [0.15, 0.2) is 84.2 Å². The summed E-state index contributed by atoms with van der Waals surface area (Å²) in [6.45, 7) is 17.1. The van der Waals surface area contributed by atoms with E-state index >= 15 is 0 Å². The summed E-state index contributed by atoms with van der Waals surface area (Å²) >= 11 is 0. The zero-order valence-electron chi connectivity index (χ0n) is 14.0. The lowest BCUT2D eigenvalue weighted by molar-refractivity contribution is 0.294. The molecular formula is C20H25N3. The molecule has 120 valence electrons. The molecule has 1 aliphatic rings. The van der Waals surface area contributed by atoms with Crippen molar-refractivity contribution in [2.24, 2.45) is 10.9 Å². The number of rotatable bonds is 6. The highest BCUT2D eigenvalue weighted by molar-refractivity contribution is 6.15. The van der Waals surface area contributed by atoms with Gasteiger partial charge in [0.2, 0.25) is 0 Å². The van der Waals surface area contributed by atoms with Gasteiger partial charge in [0.25, 0.3) is 0 Å². The Bertz CT molecular complexity index is 653. The SMILES string of the molecule is C=CCN1NC(C(C)CC)=C(C=C)C(=Nc2ccccc2)C1=C. The van der Waals surface area contributed by atoms with Crippen LogP contribution in [0.4, 0.5) is 5.69 Å². The monoisotopic (exact) mass is 307 g/mol. The minimum absolute atomic E-state index is 0.379. The average molecular weight is 307 g/mol. The van der Waals surface area contributed by atoms with E-state index in [1.54, 1.807) is 0 Å². The quantitative estimate of drug-likeness (QED) is 0.767. The predicted molar refractivity (Wildman–Crippen MR) is 99.4 cm³/mol. The highest BCUT2D eigenvalue weighted by Gasteiger charge is 2.27. The van der Waals surface area contributed by atoms with E-state index in [0.29, 0.717) is 12.5 Å². The summed E-state index contributed by atoms with van der Waals surface area (Å²) in [5, 5.41) is 1.99. The number of nitrogens with one attached hydrogen (secondary N) is 1. The van der Waals surface area contributed by atoms with Gasteiger partial charge < -0.3 is 5.43 Å². The fourth-order valence-electron chi connectivity index (χ4n) is 2.51. The lowest BCUT2D eigenvalue weighted by atomic mass is 9.94. The van der Waals surface area contributed by atoms with E-state index in [1.165, 1.54) is 0 Å². The van der Waals surface area contributed by atoms with Crippen LogP contribution in [0.1, 0.15) is 20.3 Å². The van der Waals surface area contributed by atoms with Crippen LogP contribution >= 0.6 is 0 Å². The zero-order valence-corrected chi connectivity index (χ0v) is 14.0. The Morgan fingerprint density at radius 2 is 1.96 bits per heavy atom. The molecule has 0 fully saturated rings. The van der Waals surface area contributed by atoms with Gasteiger partial charge in [0.05, 0.1) is 23.6 Å². The number of allylic oxidation sites excluding steroid dienone is 3. The summed E-state index contributed by atoms with van der Waals surface area (Å²) in [5.41, 5.74) is 8.22. The van der Waals surface area contributed by atoms with Gasteiger partial charge in [0.1, 0.15) is 0 Å². The molecule has 0 aromatic heterocycles. The Labute approximate surface area is 139 Å². The first-order valence-corrected chi connectivity index (χ1v) is 7.97. The van der Waals surface area contributed by atoms with Gasteiger partial charge in [-0.1, -0.05) is 57.4 Å². The highest BCUT2D eigenvalue weighted by Crippen LogP contribution is 2.28. The van der Waals surface area contributed by atoms with Gasteiger partial charge >= 0.3 is 0 Å². The van der Waals surface area contributed by atoms with Crippen LogP contribution in [0.5, 0.6) is 0 Å². The van der Waals surface area contributed by atoms with Crippen LogP contribution in [0, 0.1) is 5.92 Å². The number of para-hydroxylation sites is 1. The molecule has 1 unspecified atom stereocenters. The largest absolute Gasteiger partial charge is 0.301 e. The van der Waals surface area contributed by atoms with Crippen LogP contribution in [-0.2, 0) is 0 Å². The van der Waals surface area contributed by atoms with E-state index in [-0.39, 0.29) is 0 Å². The first-order valence-electron chi connectivity index (χ1n) is 7.97. The molecule has 1 aliphatic heterocycles.